The first-order valence-corrected chi connectivity index (χ1v) is 9.45. The van der Waals surface area contributed by atoms with Gasteiger partial charge < -0.3 is 15.0 Å². The van der Waals surface area contributed by atoms with Gasteiger partial charge in [-0.05, 0) is 43.8 Å². The summed E-state index contributed by atoms with van der Waals surface area (Å²) in [5.41, 5.74) is 3.41. The van der Waals surface area contributed by atoms with E-state index in [0.29, 0.717) is 28.4 Å². The lowest BCUT2D eigenvalue weighted by Gasteiger charge is -2.37. The molecule has 0 amide bonds. The maximum absolute atomic E-state index is 13.3. The van der Waals surface area contributed by atoms with E-state index in [1.165, 1.54) is 7.11 Å². The van der Waals surface area contributed by atoms with Crippen molar-refractivity contribution in [3.63, 3.8) is 0 Å². The number of thiocarbonyl (C=S) groups is 1. The minimum atomic E-state index is -0.400. The first-order chi connectivity index (χ1) is 13.5. The highest BCUT2D eigenvalue weighted by Gasteiger charge is 2.33. The summed E-state index contributed by atoms with van der Waals surface area (Å²) >= 11 is 5.52. The summed E-state index contributed by atoms with van der Waals surface area (Å²) in [7, 11) is 1.35. The van der Waals surface area contributed by atoms with Gasteiger partial charge in [-0.1, -0.05) is 42.5 Å². The third kappa shape index (κ3) is 3.68. The van der Waals surface area contributed by atoms with E-state index in [4.69, 9.17) is 17.0 Å². The van der Waals surface area contributed by atoms with Crippen LogP contribution in [0.1, 0.15) is 46.2 Å². The number of allylic oxidation sites excluding steroid dienone is 1. The van der Waals surface area contributed by atoms with Crippen LogP contribution in [0.4, 0.5) is 0 Å². The van der Waals surface area contributed by atoms with Crippen LogP contribution in [0.15, 0.2) is 65.9 Å². The number of benzene rings is 2. The summed E-state index contributed by atoms with van der Waals surface area (Å²) < 4.78 is 4.76. The van der Waals surface area contributed by atoms with Crippen LogP contribution in [0.3, 0.4) is 0 Å². The van der Waals surface area contributed by atoms with Crippen LogP contribution in [-0.2, 0) is 4.74 Å². The molecule has 0 aliphatic carbocycles. The number of ketones is 1. The van der Waals surface area contributed by atoms with E-state index >= 15 is 0 Å². The summed E-state index contributed by atoms with van der Waals surface area (Å²) in [6.45, 7) is 4.58. The molecule has 1 unspecified atom stereocenters. The number of nitrogens with zero attached hydrogens (tertiary/aromatic N) is 1. The summed E-state index contributed by atoms with van der Waals surface area (Å²) in [6.07, 6.45) is 0. The number of ether oxygens (including phenoxy) is 1. The van der Waals surface area contributed by atoms with E-state index in [0.717, 1.165) is 11.3 Å². The van der Waals surface area contributed by atoms with Gasteiger partial charge in [0, 0.05) is 23.4 Å². The van der Waals surface area contributed by atoms with E-state index in [2.05, 4.69) is 5.32 Å². The zero-order valence-electron chi connectivity index (χ0n) is 16.1. The standard InChI is InChI=1S/C22H22N2O3S/c1-4-24-14(2)18(20(25)16-8-6-5-7-9-16)19(23-22(24)28)15-10-12-17(13-11-15)21(26)27-3/h5-13,19H,4H2,1-3H3,(H,23,28). The molecule has 0 radical (unpaired) electrons. The van der Waals surface area contributed by atoms with Crippen molar-refractivity contribution in [3.8, 4) is 0 Å². The van der Waals surface area contributed by atoms with Crippen molar-refractivity contribution in [1.29, 1.82) is 0 Å². The van der Waals surface area contributed by atoms with E-state index in [1.54, 1.807) is 12.1 Å². The Hall–Kier alpha value is -2.99. The molecule has 144 valence electrons. The topological polar surface area (TPSA) is 58.6 Å². The van der Waals surface area contributed by atoms with Crippen LogP contribution >= 0.6 is 12.2 Å². The number of hydrogen-bond acceptors (Lipinski definition) is 4. The van der Waals surface area contributed by atoms with E-state index < -0.39 is 12.0 Å². The Morgan fingerprint density at radius 3 is 2.29 bits per heavy atom. The Bertz CT molecular complexity index is 936. The van der Waals surface area contributed by atoms with Gasteiger partial charge in [0.25, 0.3) is 0 Å². The van der Waals surface area contributed by atoms with Gasteiger partial charge in [0.15, 0.2) is 10.9 Å². The van der Waals surface area contributed by atoms with Gasteiger partial charge in [0.05, 0.1) is 18.7 Å². The molecule has 0 saturated heterocycles. The third-order valence-electron chi connectivity index (χ3n) is 4.86. The van der Waals surface area contributed by atoms with Crippen LogP contribution in [0.2, 0.25) is 0 Å². The van der Waals surface area contributed by atoms with Crippen LogP contribution < -0.4 is 5.32 Å². The predicted octanol–water partition coefficient (Wildman–Crippen LogP) is 3.88. The Balaban J connectivity index is 2.07. The Morgan fingerprint density at radius 2 is 1.71 bits per heavy atom. The Morgan fingerprint density at radius 1 is 1.07 bits per heavy atom. The van der Waals surface area contributed by atoms with Crippen molar-refractivity contribution in [2.75, 3.05) is 13.7 Å². The van der Waals surface area contributed by atoms with Crippen LogP contribution in [0.25, 0.3) is 0 Å². The molecule has 28 heavy (non-hydrogen) atoms. The summed E-state index contributed by atoms with van der Waals surface area (Å²) in [6, 6.07) is 15.8. The second kappa shape index (κ2) is 8.35. The zero-order chi connectivity index (χ0) is 20.3. The molecule has 1 aliphatic heterocycles. The molecular formula is C22H22N2O3S. The fraction of sp³-hybridized carbons (Fsp3) is 0.227. The molecule has 2 aromatic carbocycles. The molecule has 0 bridgehead atoms. The van der Waals surface area contributed by atoms with Gasteiger partial charge in [-0.2, -0.15) is 0 Å². The average molecular weight is 394 g/mol. The van der Waals surface area contributed by atoms with Gasteiger partial charge in [-0.15, -0.1) is 0 Å². The maximum Gasteiger partial charge on any atom is 0.337 e. The molecule has 0 spiro atoms. The monoisotopic (exact) mass is 394 g/mol. The number of carbonyl (C=O) groups is 2. The second-order valence-electron chi connectivity index (χ2n) is 6.43. The molecule has 6 heteroatoms. The Kier molecular flexibility index (Phi) is 5.90. The fourth-order valence-electron chi connectivity index (χ4n) is 3.38. The lowest BCUT2D eigenvalue weighted by atomic mass is 9.89. The largest absolute Gasteiger partial charge is 0.465 e. The maximum atomic E-state index is 13.3. The number of rotatable bonds is 5. The lowest BCUT2D eigenvalue weighted by Crippen LogP contribution is -2.47. The molecule has 0 saturated carbocycles. The highest BCUT2D eigenvalue weighted by Crippen LogP contribution is 2.33. The van der Waals surface area contributed by atoms with Crippen molar-refractivity contribution >= 4 is 29.1 Å². The van der Waals surface area contributed by atoms with Gasteiger partial charge in [-0.25, -0.2) is 4.79 Å². The van der Waals surface area contributed by atoms with Gasteiger partial charge in [0.1, 0.15) is 0 Å². The third-order valence-corrected chi connectivity index (χ3v) is 5.20. The van der Waals surface area contributed by atoms with Gasteiger partial charge in [0.2, 0.25) is 0 Å². The second-order valence-corrected chi connectivity index (χ2v) is 6.82. The number of methoxy groups -OCH3 is 1. The van der Waals surface area contributed by atoms with Crippen LogP contribution in [0, 0.1) is 0 Å². The predicted molar refractivity (Wildman–Crippen MR) is 112 cm³/mol. The Labute approximate surface area is 170 Å². The van der Waals surface area contributed by atoms with Gasteiger partial charge in [-0.3, -0.25) is 4.79 Å². The van der Waals surface area contributed by atoms with Gasteiger partial charge >= 0.3 is 5.97 Å². The summed E-state index contributed by atoms with van der Waals surface area (Å²) in [5, 5.41) is 3.87. The fourth-order valence-corrected chi connectivity index (χ4v) is 3.76. The van der Waals surface area contributed by atoms with Crippen molar-refractivity contribution in [1.82, 2.24) is 10.2 Å². The smallest absolute Gasteiger partial charge is 0.337 e. The quantitative estimate of drug-likeness (QED) is 0.472. The molecule has 0 fully saturated rings. The molecule has 2 aromatic rings. The minimum absolute atomic E-state index is 0.0476. The summed E-state index contributed by atoms with van der Waals surface area (Å²) in [5.74, 6) is -0.447. The molecule has 5 nitrogen and oxygen atoms in total. The average Bonchev–Trinajstić information content (AvgIpc) is 2.73. The number of nitrogens with one attached hydrogen (secondary N) is 1. The van der Waals surface area contributed by atoms with Crippen LogP contribution in [0.5, 0.6) is 0 Å². The van der Waals surface area contributed by atoms with E-state index in [9.17, 15) is 9.59 Å². The van der Waals surface area contributed by atoms with Crippen molar-refractivity contribution in [2.45, 2.75) is 19.9 Å². The molecule has 3 rings (SSSR count). The zero-order valence-corrected chi connectivity index (χ0v) is 16.9. The SMILES string of the molecule is CCN1C(=S)NC(c2ccc(C(=O)OC)cc2)C(C(=O)c2ccccc2)=C1C. The molecule has 1 atom stereocenters. The molecule has 1 aliphatic rings. The van der Waals surface area contributed by atoms with E-state index in [-0.39, 0.29) is 5.78 Å². The first-order valence-electron chi connectivity index (χ1n) is 9.04. The summed E-state index contributed by atoms with van der Waals surface area (Å²) in [4.78, 5) is 27.0. The minimum Gasteiger partial charge on any atom is -0.465 e. The number of carbonyl (C=O) groups excluding carboxylic acids is 2. The highest BCUT2D eigenvalue weighted by atomic mass is 32.1. The van der Waals surface area contributed by atoms with Crippen molar-refractivity contribution in [2.24, 2.45) is 0 Å². The highest BCUT2D eigenvalue weighted by molar-refractivity contribution is 7.80. The first kappa shape index (κ1) is 19.8. The normalized spacial score (nSPS) is 16.6. The molecule has 0 aromatic heterocycles. The lowest BCUT2D eigenvalue weighted by molar-refractivity contribution is 0.0600. The molecule has 1 heterocycles. The number of esters is 1. The number of Topliss-reactive ketones (excluding diaryl/α,β-unsaturated/α-hetero) is 1. The van der Waals surface area contributed by atoms with Crippen molar-refractivity contribution < 1.29 is 14.3 Å². The van der Waals surface area contributed by atoms with Crippen LogP contribution in [-0.4, -0.2) is 35.4 Å². The molecular weight excluding hydrogens is 372 g/mol. The number of hydrogen-bond donors (Lipinski definition) is 1. The van der Waals surface area contributed by atoms with E-state index in [1.807, 2.05) is 61.2 Å². The van der Waals surface area contributed by atoms with Crippen molar-refractivity contribution in [3.05, 3.63) is 82.6 Å². The molecule has 1 N–H and O–H groups in total.